The average Bonchev–Trinajstić information content (AvgIpc) is 2.69. The predicted octanol–water partition coefficient (Wildman–Crippen LogP) is 3.38. The number of hydrogen-bond acceptors (Lipinski definition) is 4. The Balaban J connectivity index is 1.47. The Morgan fingerprint density at radius 1 is 1.21 bits per heavy atom. The van der Waals surface area contributed by atoms with Crippen molar-refractivity contribution in [1.29, 1.82) is 0 Å². The van der Waals surface area contributed by atoms with Crippen LogP contribution in [-0.2, 0) is 4.79 Å². The second-order valence-corrected chi connectivity index (χ2v) is 7.13. The van der Waals surface area contributed by atoms with Crippen molar-refractivity contribution < 1.29 is 19.0 Å². The number of aromatic nitrogens is 1. The Bertz CT molecular complexity index is 971. The van der Waals surface area contributed by atoms with Crippen LogP contribution in [0.2, 0.25) is 0 Å². The van der Waals surface area contributed by atoms with E-state index in [1.165, 1.54) is 24.3 Å². The zero-order valence-corrected chi connectivity index (χ0v) is 15.2. The molecule has 1 aliphatic rings. The van der Waals surface area contributed by atoms with Crippen molar-refractivity contribution in [2.24, 2.45) is 5.92 Å². The summed E-state index contributed by atoms with van der Waals surface area (Å²) in [6.07, 6.45) is 2.72. The normalized spacial score (nSPS) is 19.6. The molecule has 1 atom stereocenters. The molecule has 1 aliphatic carbocycles. The van der Waals surface area contributed by atoms with Crippen molar-refractivity contribution in [3.8, 4) is 5.75 Å². The Hall–Kier alpha value is -2.99. The first-order valence-electron chi connectivity index (χ1n) is 9.29. The van der Waals surface area contributed by atoms with E-state index in [4.69, 9.17) is 4.74 Å². The molecule has 0 aliphatic heterocycles. The number of rotatable bonds is 6. The number of carbonyl (C=O) groups excluding carboxylic acids is 1. The number of nitrogens with one attached hydrogen (secondary N) is 1. The van der Waals surface area contributed by atoms with E-state index in [-0.39, 0.29) is 36.4 Å². The summed E-state index contributed by atoms with van der Waals surface area (Å²) in [6, 6.07) is 15.1. The van der Waals surface area contributed by atoms with Gasteiger partial charge in [-0.1, -0.05) is 18.2 Å². The molecule has 2 N–H and O–H groups in total. The van der Waals surface area contributed by atoms with Crippen LogP contribution in [0.1, 0.15) is 24.4 Å². The van der Waals surface area contributed by atoms with Crippen LogP contribution >= 0.6 is 0 Å². The summed E-state index contributed by atoms with van der Waals surface area (Å²) in [6.45, 7) is -0.168. The van der Waals surface area contributed by atoms with Gasteiger partial charge in [0.05, 0.1) is 17.7 Å². The van der Waals surface area contributed by atoms with Crippen LogP contribution in [0.5, 0.6) is 5.75 Å². The number of para-hydroxylation sites is 1. The maximum absolute atomic E-state index is 13.0. The number of nitrogens with zero attached hydrogens (tertiary/aromatic N) is 1. The van der Waals surface area contributed by atoms with Gasteiger partial charge < -0.3 is 15.2 Å². The molecule has 6 heteroatoms. The summed E-state index contributed by atoms with van der Waals surface area (Å²) in [5.41, 5.74) is 1.80. The highest BCUT2D eigenvalue weighted by atomic mass is 19.1. The number of carbonyl (C=O) groups is 1. The van der Waals surface area contributed by atoms with E-state index in [2.05, 4.69) is 10.3 Å². The third-order valence-corrected chi connectivity index (χ3v) is 5.09. The van der Waals surface area contributed by atoms with Gasteiger partial charge in [-0.25, -0.2) is 4.39 Å². The van der Waals surface area contributed by atoms with Gasteiger partial charge in [0.2, 0.25) is 0 Å². The lowest BCUT2D eigenvalue weighted by atomic mass is 9.75. The fraction of sp³-hybridized carbons (Fsp3) is 0.273. The quantitative estimate of drug-likeness (QED) is 0.688. The SMILES string of the molecule is O=C(COc1ccc(F)cc1)N[C@H](c1cnc2ccccc2c1)C1CC(O)C1. The predicted molar refractivity (Wildman–Crippen MR) is 103 cm³/mol. The van der Waals surface area contributed by atoms with Crippen LogP contribution in [0.4, 0.5) is 4.39 Å². The van der Waals surface area contributed by atoms with Gasteiger partial charge in [-0.05, 0) is 60.7 Å². The summed E-state index contributed by atoms with van der Waals surface area (Å²) in [5.74, 6) is -0.0552. The van der Waals surface area contributed by atoms with Gasteiger partial charge in [0.25, 0.3) is 5.91 Å². The molecule has 2 aromatic carbocycles. The molecule has 1 heterocycles. The molecular weight excluding hydrogens is 359 g/mol. The number of pyridine rings is 1. The van der Waals surface area contributed by atoms with Gasteiger partial charge in [-0.3, -0.25) is 9.78 Å². The van der Waals surface area contributed by atoms with Crippen LogP contribution in [0.15, 0.2) is 60.8 Å². The minimum atomic E-state index is -0.357. The molecule has 144 valence electrons. The maximum Gasteiger partial charge on any atom is 0.258 e. The summed E-state index contributed by atoms with van der Waals surface area (Å²) in [4.78, 5) is 17.0. The van der Waals surface area contributed by atoms with E-state index in [1.807, 2.05) is 30.3 Å². The number of halogens is 1. The Kier molecular flexibility index (Phi) is 5.21. The number of hydrogen-bond donors (Lipinski definition) is 2. The Morgan fingerprint density at radius 3 is 2.71 bits per heavy atom. The standard InChI is InChI=1S/C22H21FN2O3/c23-17-5-7-19(8-6-17)28-13-21(27)25-22(15-10-18(26)11-15)16-9-14-3-1-2-4-20(14)24-12-16/h1-9,12,15,18,22,26H,10-11,13H2,(H,25,27)/t15?,18?,22-/m0/s1. The highest BCUT2D eigenvalue weighted by Crippen LogP contribution is 2.38. The summed E-state index contributed by atoms with van der Waals surface area (Å²) < 4.78 is 18.4. The molecule has 5 nitrogen and oxygen atoms in total. The molecule has 0 saturated heterocycles. The number of ether oxygens (including phenoxy) is 1. The van der Waals surface area contributed by atoms with Crippen LogP contribution < -0.4 is 10.1 Å². The molecule has 3 aromatic rings. The van der Waals surface area contributed by atoms with Crippen molar-refractivity contribution in [2.45, 2.75) is 25.0 Å². The average molecular weight is 380 g/mol. The molecule has 1 aromatic heterocycles. The van der Waals surface area contributed by atoms with Crippen molar-refractivity contribution in [2.75, 3.05) is 6.61 Å². The first-order chi connectivity index (χ1) is 13.6. The van der Waals surface area contributed by atoms with E-state index >= 15 is 0 Å². The smallest absolute Gasteiger partial charge is 0.258 e. The summed E-state index contributed by atoms with van der Waals surface area (Å²) >= 11 is 0. The van der Waals surface area contributed by atoms with Crippen molar-refractivity contribution in [3.05, 3.63) is 72.2 Å². The lowest BCUT2D eigenvalue weighted by molar-refractivity contribution is -0.125. The third kappa shape index (κ3) is 4.12. The van der Waals surface area contributed by atoms with E-state index in [0.29, 0.717) is 18.6 Å². The maximum atomic E-state index is 13.0. The van der Waals surface area contributed by atoms with E-state index in [1.54, 1.807) is 6.20 Å². The van der Waals surface area contributed by atoms with Crippen LogP contribution in [0.3, 0.4) is 0 Å². The van der Waals surface area contributed by atoms with Gasteiger partial charge in [0, 0.05) is 11.6 Å². The van der Waals surface area contributed by atoms with Gasteiger partial charge in [-0.15, -0.1) is 0 Å². The molecule has 0 radical (unpaired) electrons. The number of amides is 1. The zero-order chi connectivity index (χ0) is 19.5. The van der Waals surface area contributed by atoms with Crippen molar-refractivity contribution >= 4 is 16.8 Å². The first kappa shape index (κ1) is 18.4. The van der Waals surface area contributed by atoms with Crippen LogP contribution in [0.25, 0.3) is 10.9 Å². The Morgan fingerprint density at radius 2 is 1.96 bits per heavy atom. The molecular formula is C22H21FN2O3. The number of aliphatic hydroxyl groups excluding tert-OH is 1. The molecule has 4 rings (SSSR count). The highest BCUT2D eigenvalue weighted by Gasteiger charge is 2.36. The summed E-state index contributed by atoms with van der Waals surface area (Å²) in [7, 11) is 0. The van der Waals surface area contributed by atoms with E-state index in [9.17, 15) is 14.3 Å². The summed E-state index contributed by atoms with van der Waals surface area (Å²) in [5, 5.41) is 13.7. The van der Waals surface area contributed by atoms with E-state index in [0.717, 1.165) is 16.5 Å². The van der Waals surface area contributed by atoms with Gasteiger partial charge in [-0.2, -0.15) is 0 Å². The second kappa shape index (κ2) is 7.94. The topological polar surface area (TPSA) is 71.5 Å². The van der Waals surface area contributed by atoms with E-state index < -0.39 is 0 Å². The number of fused-ring (bicyclic) bond motifs is 1. The molecule has 1 fully saturated rings. The molecule has 0 spiro atoms. The Labute approximate surface area is 162 Å². The fourth-order valence-corrected chi connectivity index (χ4v) is 3.53. The highest BCUT2D eigenvalue weighted by molar-refractivity contribution is 5.80. The minimum Gasteiger partial charge on any atom is -0.484 e. The molecule has 0 unspecified atom stereocenters. The first-order valence-corrected chi connectivity index (χ1v) is 9.29. The fourth-order valence-electron chi connectivity index (χ4n) is 3.53. The van der Waals surface area contributed by atoms with Gasteiger partial charge >= 0.3 is 0 Å². The second-order valence-electron chi connectivity index (χ2n) is 7.13. The third-order valence-electron chi connectivity index (χ3n) is 5.09. The van der Waals surface area contributed by atoms with Crippen LogP contribution in [0, 0.1) is 11.7 Å². The minimum absolute atomic E-state index is 0.146. The van der Waals surface area contributed by atoms with Crippen LogP contribution in [-0.4, -0.2) is 28.7 Å². The van der Waals surface area contributed by atoms with Crippen molar-refractivity contribution in [3.63, 3.8) is 0 Å². The number of aliphatic hydroxyl groups is 1. The molecule has 1 saturated carbocycles. The number of benzene rings is 2. The van der Waals surface area contributed by atoms with Gasteiger partial charge in [0.15, 0.2) is 6.61 Å². The molecule has 1 amide bonds. The molecule has 0 bridgehead atoms. The zero-order valence-electron chi connectivity index (χ0n) is 15.2. The largest absolute Gasteiger partial charge is 0.484 e. The van der Waals surface area contributed by atoms with Crippen molar-refractivity contribution in [1.82, 2.24) is 10.3 Å². The molecule has 28 heavy (non-hydrogen) atoms. The monoisotopic (exact) mass is 380 g/mol. The lowest BCUT2D eigenvalue weighted by Gasteiger charge is -2.38. The van der Waals surface area contributed by atoms with Gasteiger partial charge in [0.1, 0.15) is 11.6 Å². The lowest BCUT2D eigenvalue weighted by Crippen LogP contribution is -2.42.